The van der Waals surface area contributed by atoms with E-state index in [-0.39, 0.29) is 0 Å². The molecule has 15 aromatic rings. The van der Waals surface area contributed by atoms with Crippen LogP contribution in [-0.4, -0.2) is 18.4 Å². The minimum atomic E-state index is 1.01. The predicted molar refractivity (Wildman–Crippen MR) is 248 cm³/mol. The van der Waals surface area contributed by atoms with Gasteiger partial charge >= 0.3 is 0 Å². The molecular weight excluding hydrogens is 717 g/mol. The van der Waals surface area contributed by atoms with Gasteiger partial charge in [-0.25, -0.2) is 4.98 Å². The highest BCUT2D eigenvalue weighted by molar-refractivity contribution is 6.40. The lowest BCUT2D eigenvalue weighted by atomic mass is 9.93. The molecule has 0 bridgehead atoms. The van der Waals surface area contributed by atoms with Gasteiger partial charge in [-0.15, -0.1) is 0 Å². The minimum Gasteiger partial charge on any atom is -0.309 e. The number of hydrogen-bond donors (Lipinski definition) is 0. The fraction of sp³-hybridized carbons (Fsp3) is 0. The van der Waals surface area contributed by atoms with Crippen molar-refractivity contribution in [3.63, 3.8) is 0 Å². The number of para-hydroxylation sites is 4. The van der Waals surface area contributed by atoms with E-state index in [2.05, 4.69) is 195 Å². The second-order valence-corrected chi connectivity index (χ2v) is 16.3. The second-order valence-electron chi connectivity index (χ2n) is 16.3. The van der Waals surface area contributed by atoms with Gasteiger partial charge in [-0.05, 0) is 75.6 Å². The highest BCUT2D eigenvalue weighted by atomic mass is 15.0. The van der Waals surface area contributed by atoms with Gasteiger partial charge in [0, 0.05) is 65.1 Å². The van der Waals surface area contributed by atoms with E-state index in [1.54, 1.807) is 0 Å². The molecule has 0 fully saturated rings. The molecule has 0 aliphatic heterocycles. The summed E-state index contributed by atoms with van der Waals surface area (Å²) in [6.45, 7) is 0. The lowest BCUT2D eigenvalue weighted by molar-refractivity contribution is 1.18. The molecule has 0 N–H and O–H groups in total. The van der Waals surface area contributed by atoms with E-state index in [1.807, 2.05) is 0 Å². The Morgan fingerprint density at radius 3 is 1.80 bits per heavy atom. The van der Waals surface area contributed by atoms with Crippen molar-refractivity contribution in [3.8, 4) is 16.8 Å². The first-order chi connectivity index (χ1) is 29.3. The van der Waals surface area contributed by atoms with Gasteiger partial charge in [-0.2, -0.15) is 0 Å². The van der Waals surface area contributed by atoms with E-state index in [0.717, 1.165) is 16.9 Å². The Morgan fingerprint density at radius 2 is 0.966 bits per heavy atom. The average molecular weight is 747 g/mol. The van der Waals surface area contributed by atoms with Crippen molar-refractivity contribution in [3.05, 3.63) is 182 Å². The van der Waals surface area contributed by atoms with Gasteiger partial charge < -0.3 is 8.97 Å². The van der Waals surface area contributed by atoms with Crippen molar-refractivity contribution in [2.45, 2.75) is 0 Å². The number of fused-ring (bicyclic) bond motifs is 19. The zero-order valence-corrected chi connectivity index (χ0v) is 31.6. The van der Waals surface area contributed by atoms with Gasteiger partial charge in [-0.3, -0.25) is 4.40 Å². The summed E-state index contributed by atoms with van der Waals surface area (Å²) in [6, 6.07) is 65.0. The fourth-order valence-electron chi connectivity index (χ4n) is 11.2. The third kappa shape index (κ3) is 3.56. The first kappa shape index (κ1) is 30.2. The summed E-state index contributed by atoms with van der Waals surface area (Å²) in [5.74, 6) is 0. The first-order valence-electron chi connectivity index (χ1n) is 20.4. The number of pyridine rings is 1. The van der Waals surface area contributed by atoms with Crippen LogP contribution in [0.5, 0.6) is 0 Å². The van der Waals surface area contributed by atoms with Crippen LogP contribution in [0.25, 0.3) is 136 Å². The van der Waals surface area contributed by atoms with E-state index in [9.17, 15) is 0 Å². The van der Waals surface area contributed by atoms with Crippen molar-refractivity contribution in [2.24, 2.45) is 0 Å². The molecule has 0 radical (unpaired) electrons. The molecule has 0 aliphatic carbocycles. The Morgan fingerprint density at radius 1 is 0.339 bits per heavy atom. The summed E-state index contributed by atoms with van der Waals surface area (Å²) in [6.07, 6.45) is 2.16. The van der Waals surface area contributed by atoms with Crippen molar-refractivity contribution in [2.75, 3.05) is 0 Å². The van der Waals surface area contributed by atoms with Crippen molar-refractivity contribution < 1.29 is 0 Å². The Hall–Kier alpha value is -7.95. The zero-order valence-electron chi connectivity index (χ0n) is 31.6. The molecule has 0 aliphatic rings. The van der Waals surface area contributed by atoms with Crippen molar-refractivity contribution >= 4 is 120 Å². The first-order valence-corrected chi connectivity index (χ1v) is 20.4. The normalized spacial score (nSPS) is 12.7. The van der Waals surface area contributed by atoms with Crippen molar-refractivity contribution in [1.29, 1.82) is 0 Å². The maximum atomic E-state index is 5.44. The lowest BCUT2D eigenvalue weighted by Crippen LogP contribution is -1.93. The summed E-state index contributed by atoms with van der Waals surface area (Å²) < 4.78 is 7.38. The summed E-state index contributed by atoms with van der Waals surface area (Å²) in [5, 5.41) is 17.6. The molecular formula is C55H30N4. The van der Waals surface area contributed by atoms with Crippen LogP contribution in [0.3, 0.4) is 0 Å². The summed E-state index contributed by atoms with van der Waals surface area (Å²) >= 11 is 0. The molecule has 4 heteroatoms. The van der Waals surface area contributed by atoms with Gasteiger partial charge in [0.2, 0.25) is 0 Å². The topological polar surface area (TPSA) is 26.6 Å². The molecule has 0 unspecified atom stereocenters. The molecule has 6 aromatic heterocycles. The largest absolute Gasteiger partial charge is 0.309 e. The number of hydrogen-bond acceptors (Lipinski definition) is 1. The van der Waals surface area contributed by atoms with E-state index in [1.165, 1.54) is 120 Å². The van der Waals surface area contributed by atoms with E-state index in [4.69, 9.17) is 4.98 Å². The van der Waals surface area contributed by atoms with E-state index in [0.29, 0.717) is 0 Å². The molecule has 0 atom stereocenters. The van der Waals surface area contributed by atoms with Gasteiger partial charge in [0.1, 0.15) is 5.65 Å². The van der Waals surface area contributed by atoms with Crippen LogP contribution >= 0.6 is 0 Å². The van der Waals surface area contributed by atoms with Crippen molar-refractivity contribution in [1.82, 2.24) is 18.4 Å². The Kier molecular flexibility index (Phi) is 5.38. The number of benzene rings is 9. The molecule has 4 nitrogen and oxygen atoms in total. The monoisotopic (exact) mass is 746 g/mol. The van der Waals surface area contributed by atoms with Crippen LogP contribution < -0.4 is 0 Å². The molecule has 0 saturated carbocycles. The minimum absolute atomic E-state index is 1.01. The van der Waals surface area contributed by atoms with Crippen LogP contribution in [0.15, 0.2) is 182 Å². The molecule has 59 heavy (non-hydrogen) atoms. The summed E-state index contributed by atoms with van der Waals surface area (Å²) in [7, 11) is 0. The van der Waals surface area contributed by atoms with Crippen LogP contribution in [0.1, 0.15) is 0 Å². The van der Waals surface area contributed by atoms with Crippen LogP contribution in [0.4, 0.5) is 0 Å². The molecule has 6 heterocycles. The summed E-state index contributed by atoms with van der Waals surface area (Å²) in [4.78, 5) is 5.44. The Bertz CT molecular complexity index is 4300. The quantitative estimate of drug-likeness (QED) is 0.173. The third-order valence-corrected chi connectivity index (χ3v) is 13.5. The number of nitrogens with zero attached hydrogens (tertiary/aromatic N) is 4. The van der Waals surface area contributed by atoms with Gasteiger partial charge in [0.25, 0.3) is 0 Å². The second kappa shape index (κ2) is 10.5. The van der Waals surface area contributed by atoms with E-state index >= 15 is 0 Å². The number of rotatable bonds is 2. The molecule has 9 aromatic carbocycles. The van der Waals surface area contributed by atoms with E-state index < -0.39 is 0 Å². The highest BCUT2D eigenvalue weighted by Crippen LogP contribution is 2.51. The van der Waals surface area contributed by atoms with Gasteiger partial charge in [0.05, 0.1) is 44.8 Å². The molecule has 0 spiro atoms. The van der Waals surface area contributed by atoms with Gasteiger partial charge in [0.15, 0.2) is 0 Å². The lowest BCUT2D eigenvalue weighted by Gasteiger charge is -2.13. The van der Waals surface area contributed by atoms with Crippen LogP contribution in [0.2, 0.25) is 0 Å². The average Bonchev–Trinajstić information content (AvgIpc) is 4.08. The number of aromatic nitrogens is 4. The summed E-state index contributed by atoms with van der Waals surface area (Å²) in [5.41, 5.74) is 13.1. The fourth-order valence-corrected chi connectivity index (χ4v) is 11.2. The maximum Gasteiger partial charge on any atom is 0.146 e. The molecule has 0 saturated heterocycles. The molecule has 0 amide bonds. The SMILES string of the molecule is c1ccc(-n2c3ccccc3c3cc(-c4c5ccccc5cc5c6cc7ccccc7c7c8c9c%10cccc%11c%12ccccc%12n(c9ncc8n(c45)c67)c%11%10)ccc32)cc1. The van der Waals surface area contributed by atoms with Crippen LogP contribution in [0, 0.1) is 0 Å². The maximum absolute atomic E-state index is 5.44. The standard InChI is InChI=1S/C55H30N4/c1-2-15-34(16-3-1)57-44-23-10-9-20-38(44)41-29-33(25-26-46(41)57)48-35-17-6-4-13-31(35)27-42-43-28-32-14-5-7-18-36(32)49-51-47(58(53(42)48)54(43)49)30-56-55-50(51)40-22-12-21-39-37-19-8-11-24-45(37)59(55)52(39)40/h1-30H. The molecule has 270 valence electrons. The van der Waals surface area contributed by atoms with Crippen LogP contribution in [-0.2, 0) is 0 Å². The predicted octanol–water partition coefficient (Wildman–Crippen LogP) is 14.5. The highest BCUT2D eigenvalue weighted by Gasteiger charge is 2.28. The Balaban J connectivity index is 1.17. The zero-order chi connectivity index (χ0) is 38.1. The Labute approximate surface area is 335 Å². The third-order valence-electron chi connectivity index (χ3n) is 13.5. The smallest absolute Gasteiger partial charge is 0.146 e. The molecule has 15 rings (SSSR count). The van der Waals surface area contributed by atoms with Gasteiger partial charge in [-0.1, -0.05) is 127 Å².